The smallest absolute Gasteiger partial charge is 0.303 e. The van der Waals surface area contributed by atoms with Crippen LogP contribution in [0, 0.1) is 18.8 Å². The number of aliphatic hydroxyl groups excluding tert-OH is 1. The quantitative estimate of drug-likeness (QED) is 0.143. The number of carboxylic acids is 2. The molecule has 4 heterocycles. The van der Waals surface area contributed by atoms with Crippen LogP contribution in [-0.2, 0) is 25.6 Å². The summed E-state index contributed by atoms with van der Waals surface area (Å²) in [5.74, 6) is -1.78. The molecule has 1 saturated heterocycles. The van der Waals surface area contributed by atoms with Crippen LogP contribution in [0.25, 0.3) is 12.2 Å². The average Bonchev–Trinajstić information content (AvgIpc) is 3.64. The average molecular weight is 639 g/mol. The second-order valence-corrected chi connectivity index (χ2v) is 12.3. The summed E-state index contributed by atoms with van der Waals surface area (Å²) in [6, 6.07) is -0.678. The van der Waals surface area contributed by atoms with Crippen molar-refractivity contribution in [3.8, 4) is 0 Å². The summed E-state index contributed by atoms with van der Waals surface area (Å²) in [7, 11) is 0. The number of amides is 2. The maximum atomic E-state index is 12.5. The van der Waals surface area contributed by atoms with Crippen molar-refractivity contribution in [2.75, 3.05) is 12.4 Å². The van der Waals surface area contributed by atoms with Gasteiger partial charge in [0.15, 0.2) is 0 Å². The van der Waals surface area contributed by atoms with E-state index in [-0.39, 0.29) is 62.0 Å². The first-order chi connectivity index (χ1) is 21.4. The van der Waals surface area contributed by atoms with Gasteiger partial charge in [0.2, 0.25) is 5.91 Å². The number of rotatable bonds is 14. The van der Waals surface area contributed by atoms with Gasteiger partial charge in [0.05, 0.1) is 12.6 Å². The molecule has 4 rings (SSSR count). The third-order valence-electron chi connectivity index (χ3n) is 9.16. The van der Waals surface area contributed by atoms with E-state index in [0.29, 0.717) is 34.7 Å². The summed E-state index contributed by atoms with van der Waals surface area (Å²) in [5.41, 5.74) is 7.28. The Morgan fingerprint density at radius 3 is 2.31 bits per heavy atom. The number of carboxylic acid groups (broad SMARTS) is 2. The van der Waals surface area contributed by atoms with Gasteiger partial charge in [-0.3, -0.25) is 19.2 Å². The number of carbonyl (C=O) groups excluding carboxylic acids is 2. The van der Waals surface area contributed by atoms with Crippen LogP contribution < -0.4 is 16.0 Å². The fraction of sp³-hybridized carbons (Fsp3) is 0.455. The van der Waals surface area contributed by atoms with Crippen molar-refractivity contribution in [2.24, 2.45) is 11.8 Å². The van der Waals surface area contributed by atoms with E-state index >= 15 is 0 Å². The summed E-state index contributed by atoms with van der Waals surface area (Å²) in [6.45, 7) is 9.13. The Hall–Kier alpha value is -4.03. The number of thiol groups is 1. The van der Waals surface area contributed by atoms with Gasteiger partial charge in [0.1, 0.15) is 0 Å². The lowest BCUT2D eigenvalue weighted by Crippen LogP contribution is -2.36. The molecule has 0 aromatic carbocycles. The monoisotopic (exact) mass is 638 g/mol. The van der Waals surface area contributed by atoms with Crippen molar-refractivity contribution in [1.82, 2.24) is 20.9 Å². The molecule has 4 atom stereocenters. The van der Waals surface area contributed by atoms with Crippen molar-refractivity contribution < 1.29 is 34.5 Å². The molecule has 1 aromatic heterocycles. The van der Waals surface area contributed by atoms with Crippen molar-refractivity contribution in [3.05, 3.63) is 68.9 Å². The van der Waals surface area contributed by atoms with Gasteiger partial charge < -0.3 is 36.3 Å². The molecule has 0 bridgehead atoms. The summed E-state index contributed by atoms with van der Waals surface area (Å²) in [6.07, 6.45) is 6.76. The molecular weight excluding hydrogens is 596 g/mol. The fourth-order valence-electron chi connectivity index (χ4n) is 6.54. The van der Waals surface area contributed by atoms with Gasteiger partial charge in [0.25, 0.3) is 5.91 Å². The SMILES string of the molecule is C=CC1=C(CO)[C@@H](CC2N/C(=C\c3[nH]c(/C=C4\NC(=O)[C@H](C)[C@H]4CCS)c(C)c3CCC(=O)O)C(CCC(=O)O)=C2C)NC1=O. The highest BCUT2D eigenvalue weighted by molar-refractivity contribution is 7.80. The van der Waals surface area contributed by atoms with E-state index in [4.69, 9.17) is 0 Å². The summed E-state index contributed by atoms with van der Waals surface area (Å²) in [5, 5.41) is 38.3. The van der Waals surface area contributed by atoms with E-state index in [0.717, 1.165) is 40.1 Å². The first-order valence-electron chi connectivity index (χ1n) is 15.1. The molecule has 11 nitrogen and oxygen atoms in total. The molecule has 1 unspecified atom stereocenters. The second-order valence-electron chi connectivity index (χ2n) is 11.8. The molecule has 242 valence electrons. The first kappa shape index (κ1) is 33.9. The van der Waals surface area contributed by atoms with Crippen molar-refractivity contribution in [1.29, 1.82) is 0 Å². The van der Waals surface area contributed by atoms with Crippen LogP contribution in [0.15, 0.2) is 46.3 Å². The van der Waals surface area contributed by atoms with Gasteiger partial charge in [-0.2, -0.15) is 12.6 Å². The zero-order chi connectivity index (χ0) is 33.0. The van der Waals surface area contributed by atoms with Crippen LogP contribution in [0.3, 0.4) is 0 Å². The van der Waals surface area contributed by atoms with E-state index in [1.807, 2.05) is 32.9 Å². The summed E-state index contributed by atoms with van der Waals surface area (Å²) < 4.78 is 0. The van der Waals surface area contributed by atoms with Crippen molar-refractivity contribution in [2.45, 2.75) is 71.4 Å². The Labute approximate surface area is 268 Å². The van der Waals surface area contributed by atoms with E-state index in [1.165, 1.54) is 6.08 Å². The molecule has 0 saturated carbocycles. The Morgan fingerprint density at radius 1 is 1.00 bits per heavy atom. The third kappa shape index (κ3) is 7.28. The van der Waals surface area contributed by atoms with Crippen LogP contribution in [-0.4, -0.2) is 68.5 Å². The molecule has 1 aromatic rings. The van der Waals surface area contributed by atoms with Crippen LogP contribution in [0.2, 0.25) is 0 Å². The molecule has 3 aliphatic rings. The lowest BCUT2D eigenvalue weighted by Gasteiger charge is -2.21. The number of nitrogens with one attached hydrogen (secondary N) is 4. The maximum absolute atomic E-state index is 12.5. The summed E-state index contributed by atoms with van der Waals surface area (Å²) >= 11 is 4.37. The minimum Gasteiger partial charge on any atom is -0.481 e. The molecule has 2 amide bonds. The minimum atomic E-state index is -0.933. The van der Waals surface area contributed by atoms with Crippen molar-refractivity contribution >= 4 is 48.5 Å². The molecule has 45 heavy (non-hydrogen) atoms. The van der Waals surface area contributed by atoms with E-state index in [2.05, 4.69) is 40.1 Å². The number of aromatic nitrogens is 1. The van der Waals surface area contributed by atoms with Gasteiger partial charge in [-0.15, -0.1) is 0 Å². The van der Waals surface area contributed by atoms with E-state index in [1.54, 1.807) is 0 Å². The van der Waals surface area contributed by atoms with Gasteiger partial charge in [-0.25, -0.2) is 0 Å². The third-order valence-corrected chi connectivity index (χ3v) is 9.42. The first-order valence-corrected chi connectivity index (χ1v) is 15.8. The molecule has 3 aliphatic heterocycles. The Kier molecular flexibility index (Phi) is 10.8. The highest BCUT2D eigenvalue weighted by Crippen LogP contribution is 2.36. The number of allylic oxidation sites excluding steroid dienone is 2. The van der Waals surface area contributed by atoms with Crippen molar-refractivity contribution in [3.63, 3.8) is 0 Å². The van der Waals surface area contributed by atoms with E-state index in [9.17, 15) is 34.5 Å². The topological polar surface area (TPSA) is 181 Å². The zero-order valence-electron chi connectivity index (χ0n) is 25.8. The Morgan fingerprint density at radius 2 is 1.69 bits per heavy atom. The van der Waals surface area contributed by atoms with Gasteiger partial charge in [0, 0.05) is 59.1 Å². The Bertz CT molecular complexity index is 1530. The lowest BCUT2D eigenvalue weighted by atomic mass is 9.91. The maximum Gasteiger partial charge on any atom is 0.303 e. The lowest BCUT2D eigenvalue weighted by molar-refractivity contribution is -0.138. The molecule has 7 N–H and O–H groups in total. The summed E-state index contributed by atoms with van der Waals surface area (Å²) in [4.78, 5) is 51.5. The van der Waals surface area contributed by atoms with Gasteiger partial charge in [-0.1, -0.05) is 19.6 Å². The van der Waals surface area contributed by atoms with Crippen LogP contribution in [0.4, 0.5) is 0 Å². The number of hydrogen-bond acceptors (Lipinski definition) is 7. The van der Waals surface area contributed by atoms with Gasteiger partial charge >= 0.3 is 11.9 Å². The number of aliphatic carboxylic acids is 2. The zero-order valence-corrected chi connectivity index (χ0v) is 26.7. The Balaban J connectivity index is 1.74. The molecule has 12 heteroatoms. The minimum absolute atomic E-state index is 0.0111. The molecule has 1 fully saturated rings. The molecule has 0 spiro atoms. The molecule has 0 radical (unpaired) electrons. The number of H-pyrrole nitrogens is 1. The standard InChI is InChI=1S/C33H42N4O7S/c1-5-19-23(15-38)29(37-33(19)44)13-25-17(3)21(7-9-31(41)42)27(35-25)14-26-20(6-8-30(39)40)16(2)24(34-26)12-28-22(10-11-45)18(4)32(43)36-28/h5,12,14,18,22,25,29,34-35,38,45H,1,6-11,13,15H2,2-4H3,(H,36,43)(H,37,44)(H,39,40)(H,41,42)/b27-14-,28-12-/t18-,22-,25?,29-/m1/s1. The van der Waals surface area contributed by atoms with Gasteiger partial charge in [-0.05, 0) is 85.3 Å². The number of hydrogen-bond donors (Lipinski definition) is 8. The number of carbonyl (C=O) groups is 4. The predicted octanol–water partition coefficient (Wildman–Crippen LogP) is 3.24. The fourth-order valence-corrected chi connectivity index (χ4v) is 6.81. The highest BCUT2D eigenvalue weighted by atomic mass is 32.1. The second kappa shape index (κ2) is 14.4. The molecule has 0 aliphatic carbocycles. The van der Waals surface area contributed by atoms with Crippen LogP contribution in [0.1, 0.15) is 68.5 Å². The van der Waals surface area contributed by atoms with Crippen LogP contribution in [0.5, 0.6) is 0 Å². The number of aliphatic hydroxyl groups is 1. The van der Waals surface area contributed by atoms with Crippen LogP contribution >= 0.6 is 12.6 Å². The predicted molar refractivity (Wildman–Crippen MR) is 174 cm³/mol. The molecular formula is C33H42N4O7S. The largest absolute Gasteiger partial charge is 0.481 e. The normalized spacial score (nSPS) is 24.9. The number of aromatic amines is 1. The van der Waals surface area contributed by atoms with E-state index < -0.39 is 18.0 Å². The highest BCUT2D eigenvalue weighted by Gasteiger charge is 2.36.